The van der Waals surface area contributed by atoms with Crippen molar-refractivity contribution in [3.8, 4) is 6.07 Å². The second-order valence-electron chi connectivity index (χ2n) is 3.64. The maximum Gasteiger partial charge on any atom is 0.150 e. The van der Waals surface area contributed by atoms with E-state index in [1.165, 1.54) is 0 Å². The lowest BCUT2D eigenvalue weighted by Gasteiger charge is -2.22. The normalized spacial score (nSPS) is 21.6. The SMILES string of the molecule is N#CCCCNC1CCS(=O)(=O)CC1. The van der Waals surface area contributed by atoms with Crippen molar-refractivity contribution in [2.45, 2.75) is 31.7 Å². The molecule has 1 aliphatic heterocycles. The van der Waals surface area contributed by atoms with Crippen LogP contribution in [0.1, 0.15) is 25.7 Å². The molecular formula is C9H16N2O2S. The van der Waals surface area contributed by atoms with E-state index >= 15 is 0 Å². The van der Waals surface area contributed by atoms with E-state index < -0.39 is 9.84 Å². The third-order valence-corrected chi connectivity index (χ3v) is 4.17. The van der Waals surface area contributed by atoms with Crippen LogP contribution in [0.5, 0.6) is 0 Å². The van der Waals surface area contributed by atoms with Crippen LogP contribution >= 0.6 is 0 Å². The number of rotatable bonds is 4. The summed E-state index contributed by atoms with van der Waals surface area (Å²) in [5.41, 5.74) is 0. The molecule has 0 aromatic rings. The lowest BCUT2D eigenvalue weighted by Crippen LogP contribution is -2.37. The fourth-order valence-electron chi connectivity index (χ4n) is 1.57. The van der Waals surface area contributed by atoms with E-state index in [1.807, 2.05) is 0 Å². The third-order valence-electron chi connectivity index (χ3n) is 2.45. The van der Waals surface area contributed by atoms with Gasteiger partial charge in [0.25, 0.3) is 0 Å². The van der Waals surface area contributed by atoms with E-state index in [-0.39, 0.29) is 0 Å². The molecule has 1 aliphatic rings. The predicted molar refractivity (Wildman–Crippen MR) is 54.5 cm³/mol. The molecule has 0 amide bonds. The number of hydrogen-bond acceptors (Lipinski definition) is 4. The minimum atomic E-state index is -2.74. The second-order valence-corrected chi connectivity index (χ2v) is 5.95. The molecule has 1 saturated heterocycles. The standard InChI is InChI=1S/C9H16N2O2S/c10-5-1-2-6-11-9-3-7-14(12,13)8-4-9/h9,11H,1-4,6-8H2. The molecule has 1 rings (SSSR count). The lowest BCUT2D eigenvalue weighted by molar-refractivity contribution is 0.461. The topological polar surface area (TPSA) is 70.0 Å². The Labute approximate surface area is 85.2 Å². The van der Waals surface area contributed by atoms with Crippen LogP contribution in [0.3, 0.4) is 0 Å². The van der Waals surface area contributed by atoms with E-state index in [1.54, 1.807) is 0 Å². The highest BCUT2D eigenvalue weighted by Gasteiger charge is 2.22. The fourth-order valence-corrected chi connectivity index (χ4v) is 3.06. The van der Waals surface area contributed by atoms with Gasteiger partial charge in [0.2, 0.25) is 0 Å². The summed E-state index contributed by atoms with van der Waals surface area (Å²) in [6, 6.07) is 2.41. The van der Waals surface area contributed by atoms with Gasteiger partial charge in [0, 0.05) is 12.5 Å². The minimum Gasteiger partial charge on any atom is -0.314 e. The lowest BCUT2D eigenvalue weighted by atomic mass is 10.1. The second kappa shape index (κ2) is 5.32. The average Bonchev–Trinajstić information content (AvgIpc) is 2.15. The number of hydrogen-bond donors (Lipinski definition) is 1. The van der Waals surface area contributed by atoms with E-state index in [0.29, 0.717) is 24.0 Å². The monoisotopic (exact) mass is 216 g/mol. The zero-order valence-corrected chi connectivity index (χ0v) is 9.02. The summed E-state index contributed by atoms with van der Waals surface area (Å²) < 4.78 is 22.2. The first-order valence-corrected chi connectivity index (χ1v) is 6.77. The Balaban J connectivity index is 2.14. The summed E-state index contributed by atoms with van der Waals surface area (Å²) in [7, 11) is -2.74. The molecule has 14 heavy (non-hydrogen) atoms. The molecule has 0 bridgehead atoms. The molecule has 0 aliphatic carbocycles. The number of nitrogens with zero attached hydrogens (tertiary/aromatic N) is 1. The van der Waals surface area contributed by atoms with Gasteiger partial charge in [-0.05, 0) is 25.8 Å². The molecule has 0 aromatic heterocycles. The molecule has 4 nitrogen and oxygen atoms in total. The number of nitriles is 1. The van der Waals surface area contributed by atoms with Gasteiger partial charge in [-0.25, -0.2) is 8.42 Å². The van der Waals surface area contributed by atoms with Crippen LogP contribution in [-0.4, -0.2) is 32.5 Å². The maximum absolute atomic E-state index is 11.1. The van der Waals surface area contributed by atoms with E-state index in [4.69, 9.17) is 5.26 Å². The van der Waals surface area contributed by atoms with Gasteiger partial charge < -0.3 is 5.32 Å². The van der Waals surface area contributed by atoms with Crippen LogP contribution in [0.4, 0.5) is 0 Å². The first-order valence-electron chi connectivity index (χ1n) is 4.95. The van der Waals surface area contributed by atoms with Gasteiger partial charge in [0.15, 0.2) is 0 Å². The van der Waals surface area contributed by atoms with Crippen molar-refractivity contribution in [1.29, 1.82) is 5.26 Å². The summed E-state index contributed by atoms with van der Waals surface area (Å²) in [6.07, 6.45) is 2.85. The Morgan fingerprint density at radius 1 is 1.36 bits per heavy atom. The zero-order valence-electron chi connectivity index (χ0n) is 8.20. The van der Waals surface area contributed by atoms with Gasteiger partial charge in [0.1, 0.15) is 9.84 Å². The molecule has 0 unspecified atom stereocenters. The summed E-state index contributed by atoms with van der Waals surface area (Å²) in [4.78, 5) is 0. The van der Waals surface area contributed by atoms with Crippen LogP contribution in [-0.2, 0) is 9.84 Å². The molecule has 0 radical (unpaired) electrons. The highest BCUT2D eigenvalue weighted by molar-refractivity contribution is 7.91. The van der Waals surface area contributed by atoms with Gasteiger partial charge in [-0.3, -0.25) is 0 Å². The number of sulfone groups is 1. The van der Waals surface area contributed by atoms with Crippen molar-refractivity contribution in [2.75, 3.05) is 18.1 Å². The van der Waals surface area contributed by atoms with Gasteiger partial charge in [0.05, 0.1) is 17.6 Å². The first kappa shape index (κ1) is 11.5. The Morgan fingerprint density at radius 2 is 2.00 bits per heavy atom. The van der Waals surface area contributed by atoms with Crippen LogP contribution in [0, 0.1) is 11.3 Å². The predicted octanol–water partition coefficient (Wildman–Crippen LogP) is 0.457. The van der Waals surface area contributed by atoms with Crippen LogP contribution < -0.4 is 5.32 Å². The summed E-state index contributed by atoms with van der Waals surface area (Å²) in [5, 5.41) is 11.6. The van der Waals surface area contributed by atoms with E-state index in [9.17, 15) is 8.42 Å². The summed E-state index contributed by atoms with van der Waals surface area (Å²) in [6.45, 7) is 0.818. The highest BCUT2D eigenvalue weighted by atomic mass is 32.2. The quantitative estimate of drug-likeness (QED) is 0.693. The van der Waals surface area contributed by atoms with Crippen molar-refractivity contribution >= 4 is 9.84 Å². The van der Waals surface area contributed by atoms with Crippen LogP contribution in [0.2, 0.25) is 0 Å². The molecule has 5 heteroatoms. The first-order chi connectivity index (χ1) is 6.64. The molecular weight excluding hydrogens is 200 g/mol. The van der Waals surface area contributed by atoms with Gasteiger partial charge >= 0.3 is 0 Å². The third kappa shape index (κ3) is 4.07. The molecule has 0 saturated carbocycles. The van der Waals surface area contributed by atoms with Gasteiger partial charge in [-0.15, -0.1) is 0 Å². The molecule has 1 heterocycles. The summed E-state index contributed by atoms with van der Waals surface area (Å²) in [5.74, 6) is 0.617. The summed E-state index contributed by atoms with van der Waals surface area (Å²) >= 11 is 0. The maximum atomic E-state index is 11.1. The molecule has 0 atom stereocenters. The zero-order chi connectivity index (χ0) is 10.4. The van der Waals surface area contributed by atoms with Crippen molar-refractivity contribution < 1.29 is 8.42 Å². The largest absolute Gasteiger partial charge is 0.314 e. The Hall–Kier alpha value is -0.600. The molecule has 0 aromatic carbocycles. The van der Waals surface area contributed by atoms with Crippen LogP contribution in [0.15, 0.2) is 0 Å². The minimum absolute atomic E-state index is 0.308. The molecule has 1 N–H and O–H groups in total. The van der Waals surface area contributed by atoms with Gasteiger partial charge in [-0.2, -0.15) is 5.26 Å². The molecule has 1 fully saturated rings. The Bertz CT molecular complexity index is 291. The molecule has 0 spiro atoms. The fraction of sp³-hybridized carbons (Fsp3) is 0.889. The van der Waals surface area contributed by atoms with Crippen molar-refractivity contribution in [2.24, 2.45) is 0 Å². The van der Waals surface area contributed by atoms with Crippen LogP contribution in [0.25, 0.3) is 0 Å². The van der Waals surface area contributed by atoms with Gasteiger partial charge in [-0.1, -0.05) is 0 Å². The Kier molecular flexibility index (Phi) is 4.36. The van der Waals surface area contributed by atoms with Crippen molar-refractivity contribution in [3.63, 3.8) is 0 Å². The van der Waals surface area contributed by atoms with E-state index in [0.717, 1.165) is 25.8 Å². The van der Waals surface area contributed by atoms with Crippen molar-refractivity contribution in [3.05, 3.63) is 0 Å². The van der Waals surface area contributed by atoms with Crippen molar-refractivity contribution in [1.82, 2.24) is 5.32 Å². The number of unbranched alkanes of at least 4 members (excludes halogenated alkanes) is 1. The smallest absolute Gasteiger partial charge is 0.150 e. The highest BCUT2D eigenvalue weighted by Crippen LogP contribution is 2.11. The average molecular weight is 216 g/mol. The number of nitrogens with one attached hydrogen (secondary N) is 1. The van der Waals surface area contributed by atoms with E-state index in [2.05, 4.69) is 11.4 Å². The Morgan fingerprint density at radius 3 is 2.57 bits per heavy atom. The molecule has 80 valence electrons.